The average molecular weight is 855 g/mol. The van der Waals surface area contributed by atoms with Gasteiger partial charge in [-0.15, -0.1) is 9.46 Å². The van der Waals surface area contributed by atoms with E-state index in [-0.39, 0.29) is 0 Å². The third kappa shape index (κ3) is 8.41. The van der Waals surface area contributed by atoms with E-state index >= 15 is 0 Å². The maximum atomic E-state index is 13.4. The summed E-state index contributed by atoms with van der Waals surface area (Å²) in [5, 5.41) is 4.19. The number of hydrogen-bond donors (Lipinski definition) is 2. The highest BCUT2D eigenvalue weighted by molar-refractivity contribution is 5.93. The van der Waals surface area contributed by atoms with Crippen molar-refractivity contribution in [2.24, 2.45) is 0 Å². The standard InChI is InChI=1S/C52H50N6O6/c59-49-31-37(23-29-55-25-19-35(20-26-55)43-33-53-45-13-5-1-11-41(43)45)39-9-3-7-15-47(39)57(49)63-51(61)17-18-52(62)64-58-48-16-8-4-10-40(48)38(32-50(58)60)24-30-56-27-21-36(22-28-56)44-34-54-46-14-6-2-12-42(44)46/h1-18,31-36,53-54H,19-30H2/b18-17+. The summed E-state index contributed by atoms with van der Waals surface area (Å²) < 4.78 is 1.90. The molecule has 0 unspecified atom stereocenters. The molecule has 10 rings (SSSR count). The summed E-state index contributed by atoms with van der Waals surface area (Å²) in [6.45, 7) is 5.47. The maximum absolute atomic E-state index is 13.4. The number of H-pyrrole nitrogens is 2. The lowest BCUT2D eigenvalue weighted by Gasteiger charge is -2.32. The third-order valence-corrected chi connectivity index (χ3v) is 13.3. The van der Waals surface area contributed by atoms with Crippen LogP contribution in [0, 0.1) is 0 Å². The van der Waals surface area contributed by atoms with Gasteiger partial charge in [0.2, 0.25) is 0 Å². The zero-order valence-corrected chi connectivity index (χ0v) is 35.6. The van der Waals surface area contributed by atoms with Gasteiger partial charge in [0.15, 0.2) is 0 Å². The minimum absolute atomic E-state index is 0.445. The van der Waals surface area contributed by atoms with Crippen LogP contribution in [0.3, 0.4) is 0 Å². The van der Waals surface area contributed by atoms with Gasteiger partial charge in [-0.05, 0) is 123 Å². The summed E-state index contributed by atoms with van der Waals surface area (Å²) in [6, 6.07) is 34.5. The molecule has 8 aromatic rings. The lowest BCUT2D eigenvalue weighted by Crippen LogP contribution is -2.35. The van der Waals surface area contributed by atoms with Crippen LogP contribution in [0.15, 0.2) is 143 Å². The van der Waals surface area contributed by atoms with E-state index in [4.69, 9.17) is 9.68 Å². The Morgan fingerprint density at radius 2 is 0.906 bits per heavy atom. The summed E-state index contributed by atoms with van der Waals surface area (Å²) in [5.41, 5.74) is 6.75. The van der Waals surface area contributed by atoms with E-state index < -0.39 is 23.1 Å². The molecule has 0 atom stereocenters. The molecule has 12 nitrogen and oxygen atoms in total. The molecule has 2 aliphatic rings. The van der Waals surface area contributed by atoms with Crippen LogP contribution in [-0.4, -0.2) is 80.4 Å². The van der Waals surface area contributed by atoms with Crippen molar-refractivity contribution in [3.63, 3.8) is 0 Å². The summed E-state index contributed by atoms with van der Waals surface area (Å²) in [7, 11) is 0. The van der Waals surface area contributed by atoms with Crippen molar-refractivity contribution in [3.05, 3.63) is 177 Å². The molecule has 0 radical (unpaired) electrons. The first-order valence-corrected chi connectivity index (χ1v) is 22.3. The van der Waals surface area contributed by atoms with Crippen molar-refractivity contribution >= 4 is 55.6 Å². The van der Waals surface area contributed by atoms with Gasteiger partial charge >= 0.3 is 11.9 Å². The fourth-order valence-electron chi connectivity index (χ4n) is 9.99. The minimum atomic E-state index is -0.951. The molecule has 2 N–H and O–H groups in total. The van der Waals surface area contributed by atoms with Gasteiger partial charge in [0, 0.05) is 82.3 Å². The number of nitrogens with zero attached hydrogens (tertiary/aromatic N) is 4. The Balaban J connectivity index is 0.749. The van der Waals surface area contributed by atoms with Crippen LogP contribution >= 0.6 is 0 Å². The predicted octanol–water partition coefficient (Wildman–Crippen LogP) is 7.29. The first-order valence-electron chi connectivity index (χ1n) is 22.3. The van der Waals surface area contributed by atoms with Gasteiger partial charge in [0.05, 0.1) is 11.0 Å². The quantitative estimate of drug-likeness (QED) is 0.123. The third-order valence-electron chi connectivity index (χ3n) is 13.3. The Morgan fingerprint density at radius 3 is 1.33 bits per heavy atom. The molecule has 0 aliphatic carbocycles. The van der Waals surface area contributed by atoms with Crippen molar-refractivity contribution in [2.75, 3.05) is 39.3 Å². The van der Waals surface area contributed by atoms with Gasteiger partial charge < -0.3 is 29.4 Å². The molecular weight excluding hydrogens is 805 g/mol. The molecule has 2 saturated heterocycles. The molecule has 2 fully saturated rings. The van der Waals surface area contributed by atoms with Gasteiger partial charge in [-0.3, -0.25) is 9.59 Å². The number of hydrogen-bond acceptors (Lipinski definition) is 8. The van der Waals surface area contributed by atoms with Gasteiger partial charge in [-0.2, -0.15) is 0 Å². The van der Waals surface area contributed by atoms with Gasteiger partial charge in [-0.1, -0.05) is 72.8 Å². The molecule has 12 heteroatoms. The lowest BCUT2D eigenvalue weighted by molar-refractivity contribution is -0.140. The van der Waals surface area contributed by atoms with Gasteiger partial charge in [-0.25, -0.2) is 9.59 Å². The molecule has 0 spiro atoms. The number of likely N-dealkylation sites (tertiary alicyclic amines) is 2. The largest absolute Gasteiger partial charge is 0.361 e. The van der Waals surface area contributed by atoms with E-state index in [1.807, 2.05) is 24.3 Å². The fourth-order valence-corrected chi connectivity index (χ4v) is 9.99. The summed E-state index contributed by atoms with van der Waals surface area (Å²) in [4.78, 5) is 75.7. The summed E-state index contributed by atoms with van der Waals surface area (Å²) >= 11 is 0. The monoisotopic (exact) mass is 854 g/mol. The Labute approximate surface area is 369 Å². The van der Waals surface area contributed by atoms with Crippen molar-refractivity contribution in [1.82, 2.24) is 29.2 Å². The number of fused-ring (bicyclic) bond motifs is 4. The fraction of sp³-hybridized carbons (Fsp3) is 0.269. The van der Waals surface area contributed by atoms with E-state index in [9.17, 15) is 19.2 Å². The minimum Gasteiger partial charge on any atom is -0.361 e. The number of para-hydroxylation sites is 4. The van der Waals surface area contributed by atoms with Crippen LogP contribution in [0.5, 0.6) is 0 Å². The molecule has 0 bridgehead atoms. The highest BCUT2D eigenvalue weighted by Crippen LogP contribution is 2.35. The van der Waals surface area contributed by atoms with Crippen LogP contribution in [0.4, 0.5) is 0 Å². The van der Waals surface area contributed by atoms with Crippen LogP contribution in [0.2, 0.25) is 0 Å². The first-order chi connectivity index (χ1) is 31.4. The average Bonchev–Trinajstić information content (AvgIpc) is 3.97. The van der Waals surface area contributed by atoms with Gasteiger partial charge in [0.25, 0.3) is 11.1 Å². The molecule has 4 aromatic heterocycles. The summed E-state index contributed by atoms with van der Waals surface area (Å²) in [6.07, 6.45) is 11.7. The Kier molecular flexibility index (Phi) is 11.5. The van der Waals surface area contributed by atoms with Crippen molar-refractivity contribution in [2.45, 2.75) is 50.4 Å². The number of carbonyl (C=O) groups is 2. The number of pyridine rings is 2. The van der Waals surface area contributed by atoms with Crippen molar-refractivity contribution in [3.8, 4) is 0 Å². The lowest BCUT2D eigenvalue weighted by atomic mass is 9.89. The van der Waals surface area contributed by atoms with Crippen LogP contribution in [0.25, 0.3) is 43.6 Å². The second kappa shape index (κ2) is 18.0. The number of rotatable bonds is 12. The molecule has 324 valence electrons. The second-order valence-electron chi connectivity index (χ2n) is 17.1. The van der Waals surface area contributed by atoms with Gasteiger partial charge in [0.1, 0.15) is 0 Å². The normalized spacial score (nSPS) is 15.8. The highest BCUT2D eigenvalue weighted by Gasteiger charge is 2.25. The number of nitrogens with one attached hydrogen (secondary N) is 2. The number of benzene rings is 4. The van der Waals surface area contributed by atoms with Crippen LogP contribution < -0.4 is 20.8 Å². The molecule has 0 saturated carbocycles. The first kappa shape index (κ1) is 41.0. The van der Waals surface area contributed by atoms with E-state index in [2.05, 4.69) is 80.7 Å². The van der Waals surface area contributed by atoms with E-state index in [1.165, 1.54) is 45.1 Å². The Bertz CT molecular complexity index is 2950. The number of carbonyl (C=O) groups excluding carboxylic acids is 2. The molecular formula is C52H50N6O6. The maximum Gasteiger partial charge on any atom is 0.356 e. The second-order valence-corrected chi connectivity index (χ2v) is 17.1. The zero-order chi connectivity index (χ0) is 43.6. The number of aromatic amines is 2. The van der Waals surface area contributed by atoms with E-state index in [0.717, 1.165) is 108 Å². The molecule has 6 heterocycles. The predicted molar refractivity (Wildman–Crippen MR) is 250 cm³/mol. The summed E-state index contributed by atoms with van der Waals surface area (Å²) in [5.74, 6) is -0.894. The topological polar surface area (TPSA) is 135 Å². The Hall–Kier alpha value is -7.02. The highest BCUT2D eigenvalue weighted by atomic mass is 16.7. The Morgan fingerprint density at radius 1 is 0.531 bits per heavy atom. The van der Waals surface area contributed by atoms with Crippen molar-refractivity contribution < 1.29 is 19.3 Å². The molecule has 2 aliphatic heterocycles. The van der Waals surface area contributed by atoms with E-state index in [1.54, 1.807) is 24.3 Å². The number of aromatic nitrogens is 4. The molecule has 0 amide bonds. The van der Waals surface area contributed by atoms with Crippen LogP contribution in [-0.2, 0) is 22.4 Å². The zero-order valence-electron chi connectivity index (χ0n) is 35.6. The van der Waals surface area contributed by atoms with Crippen LogP contribution in [0.1, 0.15) is 59.8 Å². The SMILES string of the molecule is O=C(/C=C/C(=O)On1c(=O)cc(CCN2CCC(c3c[nH]c4ccccc34)CC2)c2ccccc21)On1c(=O)cc(CCN2CCC(c3c[nH]c4ccccc34)CC2)c2ccccc21. The van der Waals surface area contributed by atoms with Crippen molar-refractivity contribution in [1.29, 1.82) is 0 Å². The smallest absolute Gasteiger partial charge is 0.356 e. The number of piperidine rings is 2. The molecule has 4 aromatic carbocycles. The van der Waals surface area contributed by atoms with E-state index in [0.29, 0.717) is 35.7 Å². The molecule has 64 heavy (non-hydrogen) atoms.